The summed E-state index contributed by atoms with van der Waals surface area (Å²) in [6, 6.07) is 0. The summed E-state index contributed by atoms with van der Waals surface area (Å²) in [4.78, 5) is 10.1. The fraction of sp³-hybridized carbons (Fsp3) is 0.875. The number of aliphatic carboxylic acids is 1. The second kappa shape index (κ2) is 10.7. The Balaban J connectivity index is 2.88. The van der Waals surface area contributed by atoms with Gasteiger partial charge in [-0.15, -0.1) is 11.8 Å². The van der Waals surface area contributed by atoms with E-state index >= 15 is 0 Å². The van der Waals surface area contributed by atoms with Crippen molar-refractivity contribution < 1.29 is 23.8 Å². The zero-order chi connectivity index (χ0) is 10.6. The Labute approximate surface area is 86.8 Å². The molecule has 0 aliphatic heterocycles. The molecular formula is C8H15FO4S. The molecule has 0 spiro atoms. The lowest BCUT2D eigenvalue weighted by atomic mass is 10.7. The number of hydrogen-bond acceptors (Lipinski definition) is 4. The van der Waals surface area contributed by atoms with Gasteiger partial charge in [-0.3, -0.25) is 4.79 Å². The Morgan fingerprint density at radius 3 is 2.43 bits per heavy atom. The Kier molecular flexibility index (Phi) is 10.5. The molecule has 0 aliphatic carbocycles. The number of halogens is 1. The van der Waals surface area contributed by atoms with Crippen molar-refractivity contribution in [2.45, 2.75) is 0 Å². The third-order valence-electron chi connectivity index (χ3n) is 1.19. The van der Waals surface area contributed by atoms with Gasteiger partial charge in [-0.1, -0.05) is 0 Å². The van der Waals surface area contributed by atoms with Gasteiger partial charge < -0.3 is 14.6 Å². The topological polar surface area (TPSA) is 55.8 Å². The summed E-state index contributed by atoms with van der Waals surface area (Å²) in [5.74, 6) is -0.0711. The Morgan fingerprint density at radius 1 is 1.21 bits per heavy atom. The molecule has 1 N–H and O–H groups in total. The van der Waals surface area contributed by atoms with Gasteiger partial charge >= 0.3 is 5.97 Å². The molecule has 0 bridgehead atoms. The van der Waals surface area contributed by atoms with Crippen LogP contribution in [0.15, 0.2) is 0 Å². The predicted molar refractivity (Wildman–Crippen MR) is 52.6 cm³/mol. The van der Waals surface area contributed by atoms with Gasteiger partial charge in [0.2, 0.25) is 0 Å². The van der Waals surface area contributed by atoms with E-state index in [-0.39, 0.29) is 12.4 Å². The largest absolute Gasteiger partial charge is 0.481 e. The molecule has 0 rings (SSSR count). The van der Waals surface area contributed by atoms with Gasteiger partial charge in [0.1, 0.15) is 6.67 Å². The van der Waals surface area contributed by atoms with Crippen LogP contribution >= 0.6 is 11.8 Å². The summed E-state index contributed by atoms with van der Waals surface area (Å²) < 4.78 is 21.4. The third kappa shape index (κ3) is 11.7. The van der Waals surface area contributed by atoms with Crippen molar-refractivity contribution in [1.82, 2.24) is 0 Å². The van der Waals surface area contributed by atoms with Gasteiger partial charge in [-0.2, -0.15) is 0 Å². The number of carboxylic acid groups (broad SMARTS) is 1. The van der Waals surface area contributed by atoms with E-state index in [0.29, 0.717) is 25.6 Å². The smallest absolute Gasteiger partial charge is 0.313 e. The highest BCUT2D eigenvalue weighted by Gasteiger charge is 1.96. The fourth-order valence-electron chi connectivity index (χ4n) is 0.654. The molecular weight excluding hydrogens is 211 g/mol. The normalized spacial score (nSPS) is 10.4. The first kappa shape index (κ1) is 13.7. The van der Waals surface area contributed by atoms with E-state index in [4.69, 9.17) is 14.6 Å². The monoisotopic (exact) mass is 226 g/mol. The quantitative estimate of drug-likeness (QED) is 0.559. The highest BCUT2D eigenvalue weighted by Crippen LogP contribution is 1.98. The van der Waals surface area contributed by atoms with E-state index in [9.17, 15) is 9.18 Å². The first-order valence-electron chi connectivity index (χ1n) is 4.28. The van der Waals surface area contributed by atoms with E-state index in [0.717, 1.165) is 0 Å². The number of carboxylic acids is 1. The van der Waals surface area contributed by atoms with Crippen LogP contribution in [-0.2, 0) is 14.3 Å². The molecule has 0 aromatic carbocycles. The summed E-state index contributed by atoms with van der Waals surface area (Å²) in [5, 5.41) is 8.30. The van der Waals surface area contributed by atoms with Crippen molar-refractivity contribution >= 4 is 17.7 Å². The molecule has 0 aromatic rings. The SMILES string of the molecule is O=C(O)CSCCOCCOCCF. The second-order valence-corrected chi connectivity index (χ2v) is 3.47. The van der Waals surface area contributed by atoms with Crippen molar-refractivity contribution in [3.8, 4) is 0 Å². The maximum atomic E-state index is 11.5. The number of hydrogen-bond donors (Lipinski definition) is 1. The van der Waals surface area contributed by atoms with Crippen LogP contribution in [-0.4, -0.2) is 55.7 Å². The Hall–Kier alpha value is -0.330. The van der Waals surface area contributed by atoms with Crippen LogP contribution in [0, 0.1) is 0 Å². The highest BCUT2D eigenvalue weighted by atomic mass is 32.2. The zero-order valence-corrected chi connectivity index (χ0v) is 8.72. The van der Waals surface area contributed by atoms with Gasteiger partial charge in [-0.05, 0) is 0 Å². The highest BCUT2D eigenvalue weighted by molar-refractivity contribution is 7.99. The molecule has 4 nitrogen and oxygen atoms in total. The molecule has 0 heterocycles. The summed E-state index contributed by atoms with van der Waals surface area (Å²) >= 11 is 1.30. The lowest BCUT2D eigenvalue weighted by Crippen LogP contribution is -2.08. The molecule has 0 saturated carbocycles. The van der Waals surface area contributed by atoms with Crippen molar-refractivity contribution in [3.05, 3.63) is 0 Å². The number of rotatable bonds is 10. The van der Waals surface area contributed by atoms with Crippen LogP contribution < -0.4 is 0 Å². The molecule has 0 aromatic heterocycles. The van der Waals surface area contributed by atoms with E-state index in [1.54, 1.807) is 0 Å². The van der Waals surface area contributed by atoms with E-state index < -0.39 is 12.6 Å². The molecule has 84 valence electrons. The van der Waals surface area contributed by atoms with Crippen LogP contribution in [0.4, 0.5) is 4.39 Å². The minimum atomic E-state index is -0.818. The summed E-state index contributed by atoms with van der Waals surface area (Å²) in [5.41, 5.74) is 0. The van der Waals surface area contributed by atoms with Gasteiger partial charge in [0.15, 0.2) is 0 Å². The molecule has 6 heteroatoms. The molecule has 0 aliphatic rings. The van der Waals surface area contributed by atoms with Crippen molar-refractivity contribution in [3.63, 3.8) is 0 Å². The number of ether oxygens (including phenoxy) is 2. The van der Waals surface area contributed by atoms with E-state index in [1.807, 2.05) is 0 Å². The van der Waals surface area contributed by atoms with Gasteiger partial charge in [0.25, 0.3) is 0 Å². The number of carbonyl (C=O) groups is 1. The number of alkyl halides is 1. The van der Waals surface area contributed by atoms with Crippen LogP contribution in [0.1, 0.15) is 0 Å². The average Bonchev–Trinajstić information content (AvgIpc) is 2.15. The molecule has 0 unspecified atom stereocenters. The van der Waals surface area contributed by atoms with Crippen molar-refractivity contribution in [1.29, 1.82) is 0 Å². The first-order chi connectivity index (χ1) is 6.77. The third-order valence-corrected chi connectivity index (χ3v) is 2.10. The maximum absolute atomic E-state index is 11.5. The molecule has 0 amide bonds. The Bertz CT molecular complexity index is 145. The van der Waals surface area contributed by atoms with Crippen molar-refractivity contribution in [2.24, 2.45) is 0 Å². The zero-order valence-electron chi connectivity index (χ0n) is 7.91. The average molecular weight is 226 g/mol. The standard InChI is InChI=1S/C8H15FO4S/c9-1-2-12-3-4-13-5-6-14-7-8(10)11/h1-7H2,(H,10,11). The molecule has 14 heavy (non-hydrogen) atoms. The van der Waals surface area contributed by atoms with E-state index in [1.165, 1.54) is 11.8 Å². The van der Waals surface area contributed by atoms with Crippen LogP contribution in [0.25, 0.3) is 0 Å². The van der Waals surface area contributed by atoms with Crippen molar-refractivity contribution in [2.75, 3.05) is 44.6 Å². The lowest BCUT2D eigenvalue weighted by Gasteiger charge is -2.03. The maximum Gasteiger partial charge on any atom is 0.313 e. The summed E-state index contributed by atoms with van der Waals surface area (Å²) in [6.45, 7) is 0.934. The minimum absolute atomic E-state index is 0.0989. The molecule has 0 saturated heterocycles. The van der Waals surface area contributed by atoms with Gasteiger partial charge in [0.05, 0.1) is 32.2 Å². The molecule has 0 fully saturated rings. The summed E-state index contributed by atoms with van der Waals surface area (Å²) in [7, 11) is 0. The van der Waals surface area contributed by atoms with Crippen LogP contribution in [0.3, 0.4) is 0 Å². The fourth-order valence-corrected chi connectivity index (χ4v) is 1.21. The number of thioether (sulfide) groups is 1. The predicted octanol–water partition coefficient (Wildman–Crippen LogP) is 0.807. The first-order valence-corrected chi connectivity index (χ1v) is 5.44. The molecule has 0 radical (unpaired) electrons. The Morgan fingerprint density at radius 2 is 1.86 bits per heavy atom. The lowest BCUT2D eigenvalue weighted by molar-refractivity contribution is -0.133. The second-order valence-electron chi connectivity index (χ2n) is 2.36. The minimum Gasteiger partial charge on any atom is -0.481 e. The molecule has 0 atom stereocenters. The van der Waals surface area contributed by atoms with Crippen LogP contribution in [0.5, 0.6) is 0 Å². The van der Waals surface area contributed by atoms with Gasteiger partial charge in [0, 0.05) is 5.75 Å². The van der Waals surface area contributed by atoms with Crippen LogP contribution in [0.2, 0.25) is 0 Å². The summed E-state index contributed by atoms with van der Waals surface area (Å²) in [6.07, 6.45) is 0. The van der Waals surface area contributed by atoms with E-state index in [2.05, 4.69) is 0 Å². The van der Waals surface area contributed by atoms with Gasteiger partial charge in [-0.25, -0.2) is 4.39 Å².